The average Bonchev–Trinajstić information content (AvgIpc) is 3.55. The first-order valence-electron chi connectivity index (χ1n) is 9.33. The van der Waals surface area contributed by atoms with Crippen molar-refractivity contribution in [1.82, 2.24) is 19.7 Å². The fourth-order valence-corrected chi connectivity index (χ4v) is 3.68. The van der Waals surface area contributed by atoms with Crippen molar-refractivity contribution in [2.75, 3.05) is 5.32 Å². The van der Waals surface area contributed by atoms with Crippen LogP contribution in [0.5, 0.6) is 0 Å². The van der Waals surface area contributed by atoms with Crippen molar-refractivity contribution in [3.63, 3.8) is 0 Å². The van der Waals surface area contributed by atoms with Crippen LogP contribution in [0, 0.1) is 0 Å². The predicted molar refractivity (Wildman–Crippen MR) is 117 cm³/mol. The molecule has 1 amide bonds. The Balaban J connectivity index is 1.62. The molecule has 0 bridgehead atoms. The number of benzene rings is 1. The largest absolute Gasteiger partial charge is 0.463 e. The highest BCUT2D eigenvalue weighted by Crippen LogP contribution is 2.25. The van der Waals surface area contributed by atoms with E-state index < -0.39 is 0 Å². The Labute approximate surface area is 179 Å². The van der Waals surface area contributed by atoms with E-state index in [2.05, 4.69) is 20.4 Å². The normalized spacial score (nSPS) is 10.8. The van der Waals surface area contributed by atoms with E-state index in [9.17, 15) is 9.59 Å². The minimum atomic E-state index is -0.338. The molecular weight excluding hydrogens is 414 g/mol. The van der Waals surface area contributed by atoms with Crippen molar-refractivity contribution in [2.24, 2.45) is 0 Å². The van der Waals surface area contributed by atoms with Gasteiger partial charge in [0.05, 0.1) is 16.8 Å². The van der Waals surface area contributed by atoms with Crippen LogP contribution < -0.4 is 10.9 Å². The van der Waals surface area contributed by atoms with E-state index in [0.717, 1.165) is 5.56 Å². The second-order valence-electron chi connectivity index (χ2n) is 6.56. The Bertz CT molecular complexity index is 1390. The molecule has 0 aliphatic rings. The smallest absolute Gasteiger partial charge is 0.266 e. The molecule has 0 aliphatic carbocycles. The summed E-state index contributed by atoms with van der Waals surface area (Å²) in [5, 5.41) is 9.18. The van der Waals surface area contributed by atoms with Crippen LogP contribution in [0.25, 0.3) is 28.7 Å². The summed E-state index contributed by atoms with van der Waals surface area (Å²) in [5.74, 6) is 0.749. The number of thiophene rings is 1. The number of furan rings is 1. The van der Waals surface area contributed by atoms with Crippen molar-refractivity contribution in [3.05, 3.63) is 93.6 Å². The predicted octanol–water partition coefficient (Wildman–Crippen LogP) is 4.20. The zero-order chi connectivity index (χ0) is 21.2. The van der Waals surface area contributed by atoms with E-state index in [-0.39, 0.29) is 17.4 Å². The number of aromatic amines is 1. The van der Waals surface area contributed by atoms with Gasteiger partial charge in [0.1, 0.15) is 11.5 Å². The molecule has 8 nitrogen and oxygen atoms in total. The van der Waals surface area contributed by atoms with Crippen molar-refractivity contribution in [1.29, 1.82) is 0 Å². The molecule has 31 heavy (non-hydrogen) atoms. The van der Waals surface area contributed by atoms with Gasteiger partial charge in [0.25, 0.3) is 11.5 Å². The summed E-state index contributed by atoms with van der Waals surface area (Å²) >= 11 is 1.33. The lowest BCUT2D eigenvalue weighted by molar-refractivity contribution is 0.103. The molecule has 0 saturated heterocycles. The van der Waals surface area contributed by atoms with E-state index in [1.165, 1.54) is 28.3 Å². The molecule has 0 aliphatic heterocycles. The molecule has 0 fully saturated rings. The molecule has 0 radical (unpaired) electrons. The van der Waals surface area contributed by atoms with Gasteiger partial charge in [0, 0.05) is 17.7 Å². The second kappa shape index (κ2) is 7.88. The molecule has 1 aromatic carbocycles. The van der Waals surface area contributed by atoms with Crippen molar-refractivity contribution < 1.29 is 9.21 Å². The van der Waals surface area contributed by atoms with Crippen LogP contribution >= 0.6 is 11.3 Å². The van der Waals surface area contributed by atoms with E-state index in [4.69, 9.17) is 4.42 Å². The summed E-state index contributed by atoms with van der Waals surface area (Å²) in [6.07, 6.45) is 1.54. The van der Waals surface area contributed by atoms with Gasteiger partial charge in [0.2, 0.25) is 5.95 Å². The molecule has 5 rings (SSSR count). The lowest BCUT2D eigenvalue weighted by Gasteiger charge is -2.08. The summed E-state index contributed by atoms with van der Waals surface area (Å²) < 4.78 is 6.83. The number of carbonyl (C=O) groups is 1. The number of carbonyl (C=O) groups excluding carboxylic acids is 1. The molecule has 152 valence electrons. The number of hydrogen-bond acceptors (Lipinski definition) is 6. The first-order chi connectivity index (χ1) is 15.2. The summed E-state index contributed by atoms with van der Waals surface area (Å²) in [6, 6.07) is 19.5. The highest BCUT2D eigenvalue weighted by Gasteiger charge is 2.18. The number of nitrogens with one attached hydrogen (secondary N) is 2. The van der Waals surface area contributed by atoms with Gasteiger partial charge < -0.3 is 9.73 Å². The maximum Gasteiger partial charge on any atom is 0.266 e. The third-order valence-electron chi connectivity index (χ3n) is 4.47. The molecule has 0 atom stereocenters. The zero-order valence-electron chi connectivity index (χ0n) is 16.0. The quantitative estimate of drug-likeness (QED) is 0.436. The Hall–Kier alpha value is -4.24. The maximum atomic E-state index is 12.7. The Morgan fingerprint density at radius 2 is 1.90 bits per heavy atom. The number of aromatic nitrogens is 4. The molecule has 4 aromatic heterocycles. The summed E-state index contributed by atoms with van der Waals surface area (Å²) in [5.41, 5.74) is 1.43. The van der Waals surface area contributed by atoms with Gasteiger partial charge in [-0.1, -0.05) is 36.4 Å². The minimum absolute atomic E-state index is 0.172. The summed E-state index contributed by atoms with van der Waals surface area (Å²) in [4.78, 5) is 32.8. The van der Waals surface area contributed by atoms with Crippen molar-refractivity contribution in [3.8, 4) is 28.7 Å². The van der Waals surface area contributed by atoms with Gasteiger partial charge in [-0.25, -0.2) is 4.98 Å². The monoisotopic (exact) mass is 429 g/mol. The van der Waals surface area contributed by atoms with Crippen LogP contribution in [0.3, 0.4) is 0 Å². The first kappa shape index (κ1) is 18.8. The van der Waals surface area contributed by atoms with Crippen molar-refractivity contribution in [2.45, 2.75) is 0 Å². The second-order valence-corrected chi connectivity index (χ2v) is 7.50. The SMILES string of the molecule is O=C(Nc1cc(-c2ccco2)nn1-c1nc(-c2ccccc2)cc(=O)[nH]1)c1cccs1. The van der Waals surface area contributed by atoms with Crippen LogP contribution in [0.4, 0.5) is 5.82 Å². The van der Waals surface area contributed by atoms with Crippen LogP contribution in [0.2, 0.25) is 0 Å². The molecule has 0 spiro atoms. The molecule has 4 heterocycles. The number of amides is 1. The first-order valence-corrected chi connectivity index (χ1v) is 10.2. The number of rotatable bonds is 5. The van der Waals surface area contributed by atoms with Gasteiger partial charge in [0.15, 0.2) is 5.76 Å². The summed E-state index contributed by atoms with van der Waals surface area (Å²) in [7, 11) is 0. The molecule has 9 heteroatoms. The van der Waals surface area contributed by atoms with Crippen LogP contribution in [-0.4, -0.2) is 25.7 Å². The number of hydrogen-bond donors (Lipinski definition) is 2. The number of anilines is 1. The molecule has 5 aromatic rings. The number of H-pyrrole nitrogens is 1. The Kier molecular flexibility index (Phi) is 4.77. The molecular formula is C22H15N5O3S. The van der Waals surface area contributed by atoms with Crippen LogP contribution in [0.15, 0.2) is 87.6 Å². The third kappa shape index (κ3) is 3.81. The highest BCUT2D eigenvalue weighted by molar-refractivity contribution is 7.12. The van der Waals surface area contributed by atoms with Gasteiger partial charge in [-0.2, -0.15) is 9.78 Å². The number of nitrogens with zero attached hydrogens (tertiary/aromatic N) is 3. The van der Waals surface area contributed by atoms with Crippen molar-refractivity contribution >= 4 is 23.1 Å². The van der Waals surface area contributed by atoms with Gasteiger partial charge >= 0.3 is 0 Å². The van der Waals surface area contributed by atoms with E-state index in [1.807, 2.05) is 35.7 Å². The standard InChI is InChI=1S/C22H15N5O3S/c28-20-13-15(14-6-2-1-3-7-14)23-22(25-20)27-19(24-21(29)18-9-5-11-31-18)12-16(26-27)17-8-4-10-30-17/h1-13H,(H,24,29)(H,23,25,28). The van der Waals surface area contributed by atoms with Gasteiger partial charge in [-0.05, 0) is 23.6 Å². The fourth-order valence-electron chi connectivity index (χ4n) is 3.06. The van der Waals surface area contributed by atoms with E-state index >= 15 is 0 Å². The van der Waals surface area contributed by atoms with E-state index in [0.29, 0.717) is 27.8 Å². The molecule has 0 saturated carbocycles. The van der Waals surface area contributed by atoms with Crippen LogP contribution in [-0.2, 0) is 0 Å². The zero-order valence-corrected chi connectivity index (χ0v) is 16.8. The Morgan fingerprint density at radius 3 is 2.65 bits per heavy atom. The van der Waals surface area contributed by atoms with Gasteiger partial charge in [-0.15, -0.1) is 11.3 Å². The minimum Gasteiger partial charge on any atom is -0.463 e. The molecule has 2 N–H and O–H groups in total. The van der Waals surface area contributed by atoms with Crippen LogP contribution in [0.1, 0.15) is 9.67 Å². The van der Waals surface area contributed by atoms with E-state index in [1.54, 1.807) is 30.3 Å². The summed E-state index contributed by atoms with van der Waals surface area (Å²) in [6.45, 7) is 0. The fraction of sp³-hybridized carbons (Fsp3) is 0. The van der Waals surface area contributed by atoms with Gasteiger partial charge in [-0.3, -0.25) is 14.6 Å². The third-order valence-corrected chi connectivity index (χ3v) is 5.34. The average molecular weight is 429 g/mol. The lowest BCUT2D eigenvalue weighted by Crippen LogP contribution is -2.18. The Morgan fingerprint density at radius 1 is 1.03 bits per heavy atom. The molecule has 0 unspecified atom stereocenters. The highest BCUT2D eigenvalue weighted by atomic mass is 32.1. The lowest BCUT2D eigenvalue weighted by atomic mass is 10.1. The topological polar surface area (TPSA) is 106 Å². The maximum absolute atomic E-state index is 12.7.